The van der Waals surface area contributed by atoms with Crippen LogP contribution in [-0.2, 0) is 4.74 Å². The third-order valence-electron chi connectivity index (χ3n) is 5.69. The van der Waals surface area contributed by atoms with Crippen LogP contribution in [0.25, 0.3) is 0 Å². The maximum atomic E-state index is 5.45. The fraction of sp³-hybridized carbons (Fsp3) is 0.944. The average Bonchev–Trinajstić information content (AvgIpc) is 3.05. The molecular formula is C18H36IN5O. The monoisotopic (exact) mass is 465 g/mol. The Kier molecular flexibility index (Phi) is 9.23. The number of guanidine groups is 1. The molecule has 1 N–H and O–H groups in total. The van der Waals surface area contributed by atoms with Gasteiger partial charge in [-0.25, -0.2) is 0 Å². The van der Waals surface area contributed by atoms with Crippen LogP contribution in [0, 0.1) is 11.8 Å². The smallest absolute Gasteiger partial charge is 0.193 e. The lowest BCUT2D eigenvalue weighted by Crippen LogP contribution is -2.45. The molecule has 0 amide bonds. The topological polar surface area (TPSA) is 43.3 Å². The van der Waals surface area contributed by atoms with E-state index in [2.05, 4.69) is 32.1 Å². The Hall–Kier alpha value is -0.120. The number of hydrogen-bond acceptors (Lipinski definition) is 4. The van der Waals surface area contributed by atoms with Gasteiger partial charge in [-0.3, -0.25) is 9.89 Å². The number of likely N-dealkylation sites (tertiary alicyclic amines) is 2. The third kappa shape index (κ3) is 6.52. The minimum absolute atomic E-state index is 0. The third-order valence-corrected chi connectivity index (χ3v) is 5.69. The SMILES string of the molecule is CN=C(NCC1CCCN(C)C1)N1CCC(CN2CCOCC2)C1.I. The number of halogens is 1. The number of rotatable bonds is 4. The van der Waals surface area contributed by atoms with Crippen molar-refractivity contribution in [2.45, 2.75) is 19.3 Å². The van der Waals surface area contributed by atoms with E-state index in [0.29, 0.717) is 0 Å². The van der Waals surface area contributed by atoms with E-state index in [1.807, 2.05) is 7.05 Å². The highest BCUT2D eigenvalue weighted by atomic mass is 127. The summed E-state index contributed by atoms with van der Waals surface area (Å²) in [6.45, 7) is 11.0. The van der Waals surface area contributed by atoms with E-state index in [1.165, 1.54) is 38.9 Å². The molecule has 0 aromatic heterocycles. The number of ether oxygens (including phenoxy) is 1. The highest BCUT2D eigenvalue weighted by Crippen LogP contribution is 2.19. The Morgan fingerprint density at radius 3 is 2.60 bits per heavy atom. The zero-order valence-electron chi connectivity index (χ0n) is 16.0. The first-order chi connectivity index (χ1) is 11.7. The number of piperidine rings is 1. The van der Waals surface area contributed by atoms with Gasteiger partial charge < -0.3 is 19.9 Å². The van der Waals surface area contributed by atoms with Gasteiger partial charge in [0.2, 0.25) is 0 Å². The lowest BCUT2D eigenvalue weighted by atomic mass is 9.99. The minimum Gasteiger partial charge on any atom is -0.379 e. The van der Waals surface area contributed by atoms with Crippen LogP contribution in [0.1, 0.15) is 19.3 Å². The van der Waals surface area contributed by atoms with Gasteiger partial charge in [-0.2, -0.15) is 0 Å². The molecule has 2 atom stereocenters. The van der Waals surface area contributed by atoms with Gasteiger partial charge in [0.1, 0.15) is 0 Å². The molecule has 0 aromatic rings. The zero-order chi connectivity index (χ0) is 16.8. The lowest BCUT2D eigenvalue weighted by molar-refractivity contribution is 0.0315. The summed E-state index contributed by atoms with van der Waals surface area (Å²) in [6.07, 6.45) is 3.95. The molecule has 0 radical (unpaired) electrons. The molecule has 0 aromatic carbocycles. The van der Waals surface area contributed by atoms with Gasteiger partial charge in [-0.1, -0.05) is 0 Å². The van der Waals surface area contributed by atoms with E-state index in [-0.39, 0.29) is 24.0 Å². The highest BCUT2D eigenvalue weighted by Gasteiger charge is 2.27. The van der Waals surface area contributed by atoms with Crippen molar-refractivity contribution in [1.29, 1.82) is 0 Å². The summed E-state index contributed by atoms with van der Waals surface area (Å²) in [6, 6.07) is 0. The van der Waals surface area contributed by atoms with E-state index in [0.717, 1.165) is 63.7 Å². The van der Waals surface area contributed by atoms with Gasteiger partial charge in [0.15, 0.2) is 5.96 Å². The minimum atomic E-state index is 0. The van der Waals surface area contributed by atoms with Crippen molar-refractivity contribution in [3.63, 3.8) is 0 Å². The van der Waals surface area contributed by atoms with E-state index in [9.17, 15) is 0 Å². The van der Waals surface area contributed by atoms with Crippen LogP contribution in [0.15, 0.2) is 4.99 Å². The van der Waals surface area contributed by atoms with Crippen LogP contribution < -0.4 is 5.32 Å². The molecular weight excluding hydrogens is 429 g/mol. The summed E-state index contributed by atoms with van der Waals surface area (Å²) in [5, 5.41) is 3.64. The first kappa shape index (κ1) is 21.2. The van der Waals surface area contributed by atoms with E-state index in [1.54, 1.807) is 0 Å². The first-order valence-corrected chi connectivity index (χ1v) is 9.69. The molecule has 0 spiro atoms. The fourth-order valence-corrected chi connectivity index (χ4v) is 4.33. The maximum absolute atomic E-state index is 5.45. The largest absolute Gasteiger partial charge is 0.379 e. The van der Waals surface area contributed by atoms with Crippen LogP contribution in [0.4, 0.5) is 0 Å². The molecule has 3 rings (SSSR count). The Labute approximate surface area is 170 Å². The average molecular weight is 465 g/mol. The first-order valence-electron chi connectivity index (χ1n) is 9.69. The van der Waals surface area contributed by atoms with Crippen molar-refractivity contribution < 1.29 is 4.74 Å². The molecule has 3 fully saturated rings. The van der Waals surface area contributed by atoms with Crippen LogP contribution in [0.3, 0.4) is 0 Å². The fourth-order valence-electron chi connectivity index (χ4n) is 4.33. The molecule has 3 aliphatic rings. The van der Waals surface area contributed by atoms with E-state index in [4.69, 9.17) is 4.74 Å². The normalized spacial score (nSPS) is 29.5. The Balaban J connectivity index is 0.00000225. The molecule has 25 heavy (non-hydrogen) atoms. The number of morpholine rings is 1. The molecule has 0 bridgehead atoms. The number of aliphatic imine (C=N–C) groups is 1. The van der Waals surface area contributed by atoms with Crippen molar-refractivity contribution in [3.05, 3.63) is 0 Å². The van der Waals surface area contributed by atoms with Gasteiger partial charge >= 0.3 is 0 Å². The van der Waals surface area contributed by atoms with Gasteiger partial charge in [0.05, 0.1) is 13.2 Å². The molecule has 146 valence electrons. The van der Waals surface area contributed by atoms with E-state index < -0.39 is 0 Å². The van der Waals surface area contributed by atoms with Crippen molar-refractivity contribution in [2.75, 3.05) is 79.7 Å². The summed E-state index contributed by atoms with van der Waals surface area (Å²) in [4.78, 5) is 12.0. The van der Waals surface area contributed by atoms with Crippen LogP contribution in [0.2, 0.25) is 0 Å². The Morgan fingerprint density at radius 2 is 1.88 bits per heavy atom. The van der Waals surface area contributed by atoms with Gasteiger partial charge in [-0.15, -0.1) is 24.0 Å². The predicted octanol–water partition coefficient (Wildman–Crippen LogP) is 1.18. The summed E-state index contributed by atoms with van der Waals surface area (Å²) >= 11 is 0. The van der Waals surface area contributed by atoms with Gasteiger partial charge in [0.25, 0.3) is 0 Å². The van der Waals surface area contributed by atoms with Crippen molar-refractivity contribution >= 4 is 29.9 Å². The molecule has 3 heterocycles. The van der Waals surface area contributed by atoms with Crippen molar-refractivity contribution in [1.82, 2.24) is 20.0 Å². The lowest BCUT2D eigenvalue weighted by Gasteiger charge is -2.31. The molecule has 7 heteroatoms. The summed E-state index contributed by atoms with van der Waals surface area (Å²) < 4.78 is 5.45. The molecule has 3 saturated heterocycles. The Bertz CT molecular complexity index is 416. The number of nitrogens with zero attached hydrogens (tertiary/aromatic N) is 4. The predicted molar refractivity (Wildman–Crippen MR) is 114 cm³/mol. The molecule has 2 unspecified atom stereocenters. The van der Waals surface area contributed by atoms with Gasteiger partial charge in [-0.05, 0) is 44.7 Å². The number of nitrogens with one attached hydrogen (secondary N) is 1. The molecule has 0 aliphatic carbocycles. The van der Waals surface area contributed by atoms with Crippen molar-refractivity contribution in [2.24, 2.45) is 16.8 Å². The highest BCUT2D eigenvalue weighted by molar-refractivity contribution is 14.0. The standard InChI is InChI=1S/C18H35N5O.HI/c1-19-18(20-12-16-4-3-6-21(2)13-16)23-7-5-17(15-23)14-22-8-10-24-11-9-22;/h16-17H,3-15H2,1-2H3,(H,19,20);1H. The summed E-state index contributed by atoms with van der Waals surface area (Å²) in [5.74, 6) is 2.63. The quantitative estimate of drug-likeness (QED) is 0.384. The Morgan fingerprint density at radius 1 is 1.08 bits per heavy atom. The second-order valence-electron chi connectivity index (χ2n) is 7.71. The second kappa shape index (κ2) is 10.9. The molecule has 0 saturated carbocycles. The van der Waals surface area contributed by atoms with Crippen LogP contribution in [-0.4, -0.2) is 100 Å². The van der Waals surface area contributed by atoms with E-state index >= 15 is 0 Å². The molecule has 3 aliphatic heterocycles. The van der Waals surface area contributed by atoms with Crippen LogP contribution >= 0.6 is 24.0 Å². The summed E-state index contributed by atoms with van der Waals surface area (Å²) in [7, 11) is 4.16. The number of hydrogen-bond donors (Lipinski definition) is 1. The zero-order valence-corrected chi connectivity index (χ0v) is 18.3. The molecule has 6 nitrogen and oxygen atoms in total. The summed E-state index contributed by atoms with van der Waals surface area (Å²) in [5.41, 5.74) is 0. The van der Waals surface area contributed by atoms with Gasteiger partial charge in [0, 0.05) is 52.9 Å². The maximum Gasteiger partial charge on any atom is 0.193 e. The van der Waals surface area contributed by atoms with Crippen molar-refractivity contribution in [3.8, 4) is 0 Å². The van der Waals surface area contributed by atoms with Crippen LogP contribution in [0.5, 0.6) is 0 Å². The second-order valence-corrected chi connectivity index (χ2v) is 7.71.